The summed E-state index contributed by atoms with van der Waals surface area (Å²) in [5, 5.41) is 7.36. The minimum atomic E-state index is -0.319. The monoisotopic (exact) mass is 412 g/mol. The summed E-state index contributed by atoms with van der Waals surface area (Å²) in [6.45, 7) is 6.55. The topological polar surface area (TPSA) is 67.2 Å². The van der Waals surface area contributed by atoms with Crippen LogP contribution in [0, 0.1) is 17.7 Å². The number of likely N-dealkylation sites (tertiary alicyclic amines) is 1. The van der Waals surface area contributed by atoms with E-state index in [0.717, 1.165) is 17.5 Å². The van der Waals surface area contributed by atoms with Crippen molar-refractivity contribution in [1.82, 2.24) is 20.0 Å². The van der Waals surface area contributed by atoms with Crippen LogP contribution < -0.4 is 5.32 Å². The molecule has 160 valence electrons. The van der Waals surface area contributed by atoms with E-state index < -0.39 is 0 Å². The molecular formula is C23H29FN4O2. The van der Waals surface area contributed by atoms with Gasteiger partial charge in [-0.2, -0.15) is 5.10 Å². The largest absolute Gasteiger partial charge is 0.355 e. The van der Waals surface area contributed by atoms with E-state index in [0.29, 0.717) is 13.0 Å². The van der Waals surface area contributed by atoms with E-state index in [1.807, 2.05) is 45.1 Å². The lowest BCUT2D eigenvalue weighted by Crippen LogP contribution is -2.44. The summed E-state index contributed by atoms with van der Waals surface area (Å²) in [6, 6.07) is 6.27. The van der Waals surface area contributed by atoms with Gasteiger partial charge in [0.2, 0.25) is 11.8 Å². The summed E-state index contributed by atoms with van der Waals surface area (Å²) in [4.78, 5) is 27.5. The van der Waals surface area contributed by atoms with Crippen LogP contribution in [0.3, 0.4) is 0 Å². The molecule has 0 spiro atoms. The van der Waals surface area contributed by atoms with Crippen molar-refractivity contribution in [2.45, 2.75) is 51.1 Å². The lowest BCUT2D eigenvalue weighted by molar-refractivity contribution is -0.133. The Morgan fingerprint density at radius 3 is 2.53 bits per heavy atom. The van der Waals surface area contributed by atoms with E-state index >= 15 is 0 Å². The molecule has 1 aromatic heterocycles. The molecule has 0 unspecified atom stereocenters. The normalized spacial score (nSPS) is 26.2. The molecule has 1 N–H and O–H groups in total. The van der Waals surface area contributed by atoms with Crippen molar-refractivity contribution in [3.63, 3.8) is 0 Å². The highest BCUT2D eigenvalue weighted by atomic mass is 19.1. The number of halogens is 1. The van der Waals surface area contributed by atoms with Crippen LogP contribution in [0.5, 0.6) is 0 Å². The molecule has 4 atom stereocenters. The lowest BCUT2D eigenvalue weighted by atomic mass is 9.93. The highest BCUT2D eigenvalue weighted by Gasteiger charge is 2.47. The van der Waals surface area contributed by atoms with Crippen LogP contribution >= 0.6 is 0 Å². The van der Waals surface area contributed by atoms with E-state index in [2.05, 4.69) is 10.4 Å². The number of amides is 2. The molecule has 7 heteroatoms. The second-order valence-corrected chi connectivity index (χ2v) is 9.54. The highest BCUT2D eigenvalue weighted by Crippen LogP contribution is 2.48. The quantitative estimate of drug-likeness (QED) is 0.820. The molecular weight excluding hydrogens is 383 g/mol. The van der Waals surface area contributed by atoms with Gasteiger partial charge in [0.25, 0.3) is 0 Å². The number of hydrogen-bond donors (Lipinski definition) is 1. The predicted molar refractivity (Wildman–Crippen MR) is 111 cm³/mol. The Balaban J connectivity index is 1.43. The van der Waals surface area contributed by atoms with E-state index in [4.69, 9.17) is 0 Å². The molecule has 2 heterocycles. The third-order valence-electron chi connectivity index (χ3n) is 6.18. The van der Waals surface area contributed by atoms with E-state index in [1.165, 1.54) is 12.1 Å². The molecule has 6 nitrogen and oxygen atoms in total. The van der Waals surface area contributed by atoms with Crippen molar-refractivity contribution in [2.75, 3.05) is 6.54 Å². The van der Waals surface area contributed by atoms with Gasteiger partial charge in [-0.15, -0.1) is 0 Å². The standard InChI is InChI=1S/C23H29FN4O2/c1-23(2,3)28-20(29)9-15(21(28)16-12-26-27(4)13-16)11-25-22(30)19-10-18(19)14-5-7-17(24)8-6-14/h5-8,12-13,15,18-19,21H,9-11H2,1-4H3,(H,25,30)/t15-,18-,19-,21+/m0/s1. The van der Waals surface area contributed by atoms with Gasteiger partial charge in [0, 0.05) is 49.1 Å². The van der Waals surface area contributed by atoms with Gasteiger partial charge in [0.15, 0.2) is 0 Å². The second-order valence-electron chi connectivity index (χ2n) is 9.54. The van der Waals surface area contributed by atoms with Crippen LogP contribution in [0.4, 0.5) is 4.39 Å². The number of aryl methyl sites for hydroxylation is 1. The molecule has 2 amide bonds. The smallest absolute Gasteiger partial charge is 0.223 e. The van der Waals surface area contributed by atoms with Gasteiger partial charge >= 0.3 is 0 Å². The molecule has 1 aromatic carbocycles. The molecule has 2 aromatic rings. The van der Waals surface area contributed by atoms with Gasteiger partial charge in [0.05, 0.1) is 12.2 Å². The molecule has 1 saturated heterocycles. The number of nitrogens with one attached hydrogen (secondary N) is 1. The molecule has 1 saturated carbocycles. The van der Waals surface area contributed by atoms with E-state index in [1.54, 1.807) is 16.8 Å². The Bertz CT molecular complexity index is 947. The summed E-state index contributed by atoms with van der Waals surface area (Å²) in [5.74, 6) is -0.0923. The van der Waals surface area contributed by atoms with Crippen molar-refractivity contribution in [2.24, 2.45) is 18.9 Å². The molecule has 30 heavy (non-hydrogen) atoms. The fraction of sp³-hybridized carbons (Fsp3) is 0.522. The predicted octanol–water partition coefficient (Wildman–Crippen LogP) is 3.17. The van der Waals surface area contributed by atoms with E-state index in [-0.39, 0.29) is 47.0 Å². The number of benzene rings is 1. The Morgan fingerprint density at radius 1 is 1.23 bits per heavy atom. The Kier molecular flexibility index (Phi) is 5.16. The van der Waals surface area contributed by atoms with Crippen LogP contribution in [0.2, 0.25) is 0 Å². The van der Waals surface area contributed by atoms with Gasteiger partial charge < -0.3 is 10.2 Å². The highest BCUT2D eigenvalue weighted by molar-refractivity contribution is 5.83. The third-order valence-corrected chi connectivity index (χ3v) is 6.18. The van der Waals surface area contributed by atoms with Crippen molar-refractivity contribution in [3.8, 4) is 0 Å². The van der Waals surface area contributed by atoms with Gasteiger partial charge in [-0.1, -0.05) is 12.1 Å². The lowest BCUT2D eigenvalue weighted by Gasteiger charge is -2.38. The van der Waals surface area contributed by atoms with Crippen molar-refractivity contribution in [3.05, 3.63) is 53.6 Å². The SMILES string of the molecule is Cn1cc([C@H]2[C@H](CNC(=O)[C@H]3C[C@H]3c3ccc(F)cc3)CC(=O)N2C(C)(C)C)cn1. The van der Waals surface area contributed by atoms with Crippen LogP contribution in [-0.4, -0.2) is 38.6 Å². The maximum Gasteiger partial charge on any atom is 0.223 e. The van der Waals surface area contributed by atoms with Gasteiger partial charge in [-0.05, 0) is 50.8 Å². The third kappa shape index (κ3) is 3.98. The van der Waals surface area contributed by atoms with Crippen LogP contribution in [0.25, 0.3) is 0 Å². The minimum Gasteiger partial charge on any atom is -0.355 e. The number of nitrogens with zero attached hydrogens (tertiary/aromatic N) is 3. The summed E-state index contributed by atoms with van der Waals surface area (Å²) >= 11 is 0. The molecule has 2 fully saturated rings. The van der Waals surface area contributed by atoms with Crippen LogP contribution in [0.1, 0.15) is 56.7 Å². The first-order valence-electron chi connectivity index (χ1n) is 10.5. The molecule has 1 aliphatic carbocycles. The Morgan fingerprint density at radius 2 is 1.93 bits per heavy atom. The van der Waals surface area contributed by atoms with Gasteiger partial charge in [-0.3, -0.25) is 14.3 Å². The molecule has 4 rings (SSSR count). The Labute approximate surface area is 176 Å². The Hall–Kier alpha value is -2.70. The van der Waals surface area contributed by atoms with Crippen molar-refractivity contribution >= 4 is 11.8 Å². The molecule has 1 aliphatic heterocycles. The zero-order chi connectivity index (χ0) is 21.6. The number of carbonyl (C=O) groups excluding carboxylic acids is 2. The maximum absolute atomic E-state index is 13.1. The average molecular weight is 413 g/mol. The fourth-order valence-electron chi connectivity index (χ4n) is 4.72. The zero-order valence-electron chi connectivity index (χ0n) is 17.9. The van der Waals surface area contributed by atoms with Crippen LogP contribution in [-0.2, 0) is 16.6 Å². The van der Waals surface area contributed by atoms with Gasteiger partial charge in [-0.25, -0.2) is 4.39 Å². The molecule has 0 radical (unpaired) electrons. The average Bonchev–Trinajstić information content (AvgIpc) is 3.23. The first kappa shape index (κ1) is 20.6. The molecule has 2 aliphatic rings. The zero-order valence-corrected chi connectivity index (χ0v) is 17.9. The van der Waals surface area contributed by atoms with Crippen molar-refractivity contribution in [1.29, 1.82) is 0 Å². The molecule has 0 bridgehead atoms. The second kappa shape index (κ2) is 7.52. The summed E-state index contributed by atoms with van der Waals surface area (Å²) in [7, 11) is 1.86. The first-order chi connectivity index (χ1) is 14.1. The number of rotatable bonds is 5. The maximum atomic E-state index is 13.1. The number of carbonyl (C=O) groups is 2. The number of aromatic nitrogens is 2. The summed E-state index contributed by atoms with van der Waals surface area (Å²) in [6.07, 6.45) is 4.94. The number of hydrogen-bond acceptors (Lipinski definition) is 3. The minimum absolute atomic E-state index is 0.00658. The van der Waals surface area contributed by atoms with Gasteiger partial charge in [0.1, 0.15) is 5.82 Å². The first-order valence-corrected chi connectivity index (χ1v) is 10.5. The fourth-order valence-corrected chi connectivity index (χ4v) is 4.72. The summed E-state index contributed by atoms with van der Waals surface area (Å²) < 4.78 is 14.9. The van der Waals surface area contributed by atoms with Crippen LogP contribution in [0.15, 0.2) is 36.7 Å². The van der Waals surface area contributed by atoms with E-state index in [9.17, 15) is 14.0 Å². The van der Waals surface area contributed by atoms with Crippen molar-refractivity contribution < 1.29 is 14.0 Å². The summed E-state index contributed by atoms with van der Waals surface area (Å²) in [5.41, 5.74) is 1.67.